The number of nitrogens with zero attached hydrogens (tertiary/aromatic N) is 5. The number of amides is 1. The van der Waals surface area contributed by atoms with Crippen LogP contribution in [-0.4, -0.2) is 65.0 Å². The molecule has 0 saturated carbocycles. The molecule has 110 valence electrons. The number of rotatable bonds is 7. The highest BCUT2D eigenvalue weighted by molar-refractivity contribution is 5.77. The first-order valence-corrected chi connectivity index (χ1v) is 6.85. The third-order valence-corrected chi connectivity index (χ3v) is 3.74. The second-order valence-electron chi connectivity index (χ2n) is 5.31. The van der Waals surface area contributed by atoms with Crippen LogP contribution in [0.1, 0.15) is 12.2 Å². The molecule has 1 aliphatic rings. The molecular formula is C13H21N5O2. The minimum atomic E-state index is 0.172. The topological polar surface area (TPSA) is 70.8 Å². The van der Waals surface area contributed by atoms with Gasteiger partial charge in [-0.05, 0) is 14.1 Å². The van der Waals surface area contributed by atoms with E-state index >= 15 is 0 Å². The lowest BCUT2D eigenvalue weighted by molar-refractivity contribution is -0.137. The Morgan fingerprint density at radius 2 is 2.25 bits per heavy atom. The summed E-state index contributed by atoms with van der Waals surface area (Å²) in [5.74, 6) is 1.01. The zero-order valence-corrected chi connectivity index (χ0v) is 12.0. The number of nitroso groups, excluding NO2 is 1. The van der Waals surface area contributed by atoms with E-state index in [1.807, 2.05) is 29.8 Å². The first-order valence-electron chi connectivity index (χ1n) is 6.85. The van der Waals surface area contributed by atoms with Crippen molar-refractivity contribution in [1.82, 2.24) is 19.4 Å². The summed E-state index contributed by atoms with van der Waals surface area (Å²) in [7, 11) is 4.06. The van der Waals surface area contributed by atoms with Gasteiger partial charge in [0.2, 0.25) is 5.91 Å². The summed E-state index contributed by atoms with van der Waals surface area (Å²) < 4.78 is 1.88. The fourth-order valence-corrected chi connectivity index (χ4v) is 2.28. The molecule has 1 fully saturated rings. The lowest BCUT2D eigenvalue weighted by Gasteiger charge is -2.42. The number of hydrogen-bond donors (Lipinski definition) is 0. The number of hydrogen-bond acceptors (Lipinski definition) is 5. The average molecular weight is 279 g/mol. The largest absolute Gasteiger partial charge is 0.339 e. The van der Waals surface area contributed by atoms with Crippen LogP contribution in [0, 0.1) is 4.91 Å². The van der Waals surface area contributed by atoms with E-state index in [1.54, 1.807) is 6.20 Å². The molecule has 1 aromatic rings. The molecule has 1 aromatic heterocycles. The Labute approximate surface area is 118 Å². The van der Waals surface area contributed by atoms with Crippen LogP contribution in [0.3, 0.4) is 0 Å². The molecule has 7 heteroatoms. The van der Waals surface area contributed by atoms with Crippen molar-refractivity contribution in [3.63, 3.8) is 0 Å². The fraction of sp³-hybridized carbons (Fsp3) is 0.692. The number of likely N-dealkylation sites (N-methyl/N-ethyl adjacent to an activating group) is 1. The second kappa shape index (κ2) is 6.60. The third kappa shape index (κ3) is 3.41. The molecule has 1 amide bonds. The number of aryl methyl sites for hydroxylation is 1. The van der Waals surface area contributed by atoms with Crippen molar-refractivity contribution >= 4 is 5.91 Å². The summed E-state index contributed by atoms with van der Waals surface area (Å²) >= 11 is 0. The molecule has 0 spiro atoms. The summed E-state index contributed by atoms with van der Waals surface area (Å²) in [6.45, 7) is 2.39. The van der Waals surface area contributed by atoms with E-state index < -0.39 is 0 Å². The predicted octanol–water partition coefficient (Wildman–Crippen LogP) is 0.354. The maximum atomic E-state index is 12.0. The van der Waals surface area contributed by atoms with Crippen molar-refractivity contribution < 1.29 is 4.79 Å². The fourth-order valence-electron chi connectivity index (χ4n) is 2.28. The van der Waals surface area contributed by atoms with Crippen molar-refractivity contribution in [1.29, 1.82) is 0 Å². The van der Waals surface area contributed by atoms with Crippen LogP contribution in [0.25, 0.3) is 0 Å². The van der Waals surface area contributed by atoms with E-state index in [9.17, 15) is 9.70 Å². The normalized spacial score (nSPS) is 15.4. The van der Waals surface area contributed by atoms with E-state index in [2.05, 4.69) is 15.1 Å². The quantitative estimate of drug-likeness (QED) is 0.675. The van der Waals surface area contributed by atoms with Gasteiger partial charge in [-0.2, -0.15) is 4.91 Å². The lowest BCUT2D eigenvalue weighted by atomic mass is 10.1. The van der Waals surface area contributed by atoms with Gasteiger partial charge in [-0.3, -0.25) is 4.79 Å². The van der Waals surface area contributed by atoms with Crippen molar-refractivity contribution in [2.45, 2.75) is 25.4 Å². The zero-order valence-electron chi connectivity index (χ0n) is 12.0. The number of aromatic nitrogens is 2. The number of imidazole rings is 1. The van der Waals surface area contributed by atoms with Gasteiger partial charge in [0.1, 0.15) is 5.82 Å². The van der Waals surface area contributed by atoms with Gasteiger partial charge in [-0.1, -0.05) is 5.18 Å². The number of likely N-dealkylation sites (tertiary alicyclic amines) is 1. The van der Waals surface area contributed by atoms with Crippen LogP contribution < -0.4 is 0 Å². The Hall–Kier alpha value is -1.76. The Balaban J connectivity index is 1.77. The molecular weight excluding hydrogens is 258 g/mol. The Morgan fingerprint density at radius 3 is 2.90 bits per heavy atom. The first kappa shape index (κ1) is 14.6. The highest BCUT2D eigenvalue weighted by Crippen LogP contribution is 2.14. The molecule has 0 bridgehead atoms. The summed E-state index contributed by atoms with van der Waals surface area (Å²) in [4.78, 5) is 30.4. The van der Waals surface area contributed by atoms with E-state index in [1.165, 1.54) is 0 Å². The van der Waals surface area contributed by atoms with E-state index in [-0.39, 0.29) is 12.5 Å². The molecule has 0 radical (unpaired) electrons. The van der Waals surface area contributed by atoms with Crippen LogP contribution in [-0.2, 0) is 17.8 Å². The molecule has 1 saturated heterocycles. The molecule has 0 N–H and O–H groups in total. The SMILES string of the molecule is CN(C)C1CN(C(=O)CCc2nccn2CCN=O)C1. The summed E-state index contributed by atoms with van der Waals surface area (Å²) in [5, 5.41) is 2.84. The Bertz CT molecular complexity index is 465. The maximum absolute atomic E-state index is 12.0. The van der Waals surface area contributed by atoms with E-state index in [0.29, 0.717) is 25.4 Å². The molecule has 0 unspecified atom stereocenters. The summed E-state index contributed by atoms with van der Waals surface area (Å²) in [5.41, 5.74) is 0. The van der Waals surface area contributed by atoms with Crippen LogP contribution in [0.5, 0.6) is 0 Å². The molecule has 2 heterocycles. The van der Waals surface area contributed by atoms with Crippen molar-refractivity contribution in [2.75, 3.05) is 33.7 Å². The molecule has 0 aliphatic carbocycles. The van der Waals surface area contributed by atoms with E-state index in [0.717, 1.165) is 18.9 Å². The standard InChI is InChI=1S/C13H21N5O2/c1-16(2)11-9-18(10-11)13(19)4-3-12-14-5-7-17(12)8-6-15-20/h5,7,11H,3-4,6,8-10H2,1-2H3. The molecule has 20 heavy (non-hydrogen) atoms. The Kier molecular flexibility index (Phi) is 4.84. The number of carbonyl (C=O) groups is 1. The zero-order chi connectivity index (χ0) is 14.5. The monoisotopic (exact) mass is 279 g/mol. The molecule has 7 nitrogen and oxygen atoms in total. The van der Waals surface area contributed by atoms with Crippen LogP contribution in [0.2, 0.25) is 0 Å². The van der Waals surface area contributed by atoms with Gasteiger partial charge in [0.25, 0.3) is 0 Å². The predicted molar refractivity (Wildman–Crippen MR) is 75.3 cm³/mol. The third-order valence-electron chi connectivity index (χ3n) is 3.74. The summed E-state index contributed by atoms with van der Waals surface area (Å²) in [6, 6.07) is 0.486. The van der Waals surface area contributed by atoms with Crippen molar-refractivity contribution in [3.05, 3.63) is 23.1 Å². The molecule has 0 atom stereocenters. The van der Waals surface area contributed by atoms with Gasteiger partial charge in [0.15, 0.2) is 0 Å². The van der Waals surface area contributed by atoms with Gasteiger partial charge in [0.05, 0.1) is 6.54 Å². The highest BCUT2D eigenvalue weighted by Gasteiger charge is 2.31. The maximum Gasteiger partial charge on any atom is 0.223 e. The van der Waals surface area contributed by atoms with Crippen LogP contribution in [0.15, 0.2) is 17.6 Å². The molecule has 1 aliphatic heterocycles. The summed E-state index contributed by atoms with van der Waals surface area (Å²) in [6.07, 6.45) is 4.58. The van der Waals surface area contributed by atoms with Gasteiger partial charge in [-0.25, -0.2) is 4.98 Å². The van der Waals surface area contributed by atoms with E-state index in [4.69, 9.17) is 0 Å². The highest BCUT2D eigenvalue weighted by atomic mass is 16.3. The van der Waals surface area contributed by atoms with Gasteiger partial charge in [-0.15, -0.1) is 0 Å². The minimum Gasteiger partial charge on any atom is -0.339 e. The smallest absolute Gasteiger partial charge is 0.223 e. The number of carbonyl (C=O) groups excluding carboxylic acids is 1. The van der Waals surface area contributed by atoms with Gasteiger partial charge >= 0.3 is 0 Å². The lowest BCUT2D eigenvalue weighted by Crippen LogP contribution is -2.59. The molecule has 0 aromatic carbocycles. The van der Waals surface area contributed by atoms with Crippen molar-refractivity contribution in [2.24, 2.45) is 5.18 Å². The average Bonchev–Trinajstić information content (AvgIpc) is 2.78. The first-order chi connectivity index (χ1) is 9.61. The van der Waals surface area contributed by atoms with Crippen LogP contribution >= 0.6 is 0 Å². The van der Waals surface area contributed by atoms with Crippen molar-refractivity contribution in [3.8, 4) is 0 Å². The molecule has 2 rings (SSSR count). The van der Waals surface area contributed by atoms with Gasteiger partial charge < -0.3 is 14.4 Å². The second-order valence-corrected chi connectivity index (χ2v) is 5.31. The minimum absolute atomic E-state index is 0.172. The Morgan fingerprint density at radius 1 is 1.50 bits per heavy atom. The van der Waals surface area contributed by atoms with Crippen LogP contribution in [0.4, 0.5) is 0 Å². The van der Waals surface area contributed by atoms with Gasteiger partial charge in [0, 0.05) is 50.9 Å².